The van der Waals surface area contributed by atoms with Gasteiger partial charge in [-0.25, -0.2) is 0 Å². The van der Waals surface area contributed by atoms with Crippen LogP contribution in [0.3, 0.4) is 0 Å². The first-order valence-electron chi connectivity index (χ1n) is 7.74. The third kappa shape index (κ3) is 3.63. The molecule has 1 aromatic heterocycles. The molecule has 1 saturated carbocycles. The van der Waals surface area contributed by atoms with Crippen molar-refractivity contribution in [1.29, 1.82) is 0 Å². The predicted molar refractivity (Wildman–Crippen MR) is 76.9 cm³/mol. The van der Waals surface area contributed by atoms with Crippen LogP contribution >= 0.6 is 0 Å². The predicted octanol–water partition coefficient (Wildman–Crippen LogP) is 1.43. The Kier molecular flexibility index (Phi) is 4.55. The Bertz CT molecular complexity index is 478. The number of nitrogens with one attached hydrogen (secondary N) is 1. The number of aromatic nitrogens is 1. The van der Waals surface area contributed by atoms with Gasteiger partial charge in [-0.3, -0.25) is 4.79 Å². The van der Waals surface area contributed by atoms with Gasteiger partial charge in [0.1, 0.15) is 6.61 Å². The Balaban J connectivity index is 1.65. The van der Waals surface area contributed by atoms with Gasteiger partial charge in [-0.2, -0.15) is 0 Å². The minimum absolute atomic E-state index is 0.00198. The molecule has 0 spiro atoms. The molecule has 116 valence electrons. The van der Waals surface area contributed by atoms with Crippen molar-refractivity contribution < 1.29 is 14.1 Å². The van der Waals surface area contributed by atoms with Crippen LogP contribution in [-0.4, -0.2) is 48.7 Å². The maximum atomic E-state index is 12.7. The number of piperidine rings is 1. The van der Waals surface area contributed by atoms with E-state index in [9.17, 15) is 4.79 Å². The molecular formula is C15H23N3O3. The normalized spacial score (nSPS) is 19.7. The molecule has 2 aliphatic rings. The van der Waals surface area contributed by atoms with Crippen LogP contribution in [0.15, 0.2) is 10.6 Å². The molecule has 6 nitrogen and oxygen atoms in total. The van der Waals surface area contributed by atoms with Crippen molar-refractivity contribution in [3.05, 3.63) is 17.5 Å². The summed E-state index contributed by atoms with van der Waals surface area (Å²) in [5.74, 6) is 1.20. The number of ether oxygens (including phenoxy) is 1. The highest BCUT2D eigenvalue weighted by molar-refractivity contribution is 5.92. The first-order valence-corrected chi connectivity index (χ1v) is 7.74. The quantitative estimate of drug-likeness (QED) is 0.859. The molecule has 0 bridgehead atoms. The molecule has 1 aromatic rings. The minimum atomic E-state index is 0.00198. The Morgan fingerprint density at radius 2 is 2.19 bits per heavy atom. The zero-order valence-corrected chi connectivity index (χ0v) is 12.5. The largest absolute Gasteiger partial charge is 0.377 e. The highest BCUT2D eigenvalue weighted by atomic mass is 16.5. The number of hydrogen-bond acceptors (Lipinski definition) is 5. The zero-order valence-electron chi connectivity index (χ0n) is 12.5. The molecular weight excluding hydrogens is 270 g/mol. The van der Waals surface area contributed by atoms with Gasteiger partial charge in [0.15, 0.2) is 11.5 Å². The van der Waals surface area contributed by atoms with Crippen LogP contribution in [0.2, 0.25) is 0 Å². The van der Waals surface area contributed by atoms with E-state index in [1.54, 1.807) is 13.2 Å². The lowest BCUT2D eigenvalue weighted by atomic mass is 9.97. The van der Waals surface area contributed by atoms with E-state index >= 15 is 0 Å². The number of hydrogen-bond donors (Lipinski definition) is 1. The molecule has 1 amide bonds. The first kappa shape index (κ1) is 14.5. The van der Waals surface area contributed by atoms with Crippen LogP contribution in [0.5, 0.6) is 0 Å². The molecule has 2 fully saturated rings. The molecule has 3 rings (SSSR count). The molecule has 2 heterocycles. The van der Waals surface area contributed by atoms with Crippen molar-refractivity contribution in [3.8, 4) is 0 Å². The van der Waals surface area contributed by atoms with Gasteiger partial charge >= 0.3 is 0 Å². The fourth-order valence-corrected chi connectivity index (χ4v) is 2.90. The molecule has 21 heavy (non-hydrogen) atoms. The Morgan fingerprint density at radius 1 is 1.43 bits per heavy atom. The van der Waals surface area contributed by atoms with Crippen LogP contribution in [0.1, 0.15) is 41.9 Å². The van der Waals surface area contributed by atoms with E-state index in [4.69, 9.17) is 9.26 Å². The molecule has 0 unspecified atom stereocenters. The van der Waals surface area contributed by atoms with Crippen molar-refractivity contribution in [2.24, 2.45) is 5.92 Å². The van der Waals surface area contributed by atoms with Crippen molar-refractivity contribution in [3.63, 3.8) is 0 Å². The first-order chi connectivity index (χ1) is 10.3. The summed E-state index contributed by atoms with van der Waals surface area (Å²) < 4.78 is 10.1. The molecule has 6 heteroatoms. The number of amides is 1. The summed E-state index contributed by atoms with van der Waals surface area (Å²) in [4.78, 5) is 14.7. The Hall–Kier alpha value is -1.40. The zero-order chi connectivity index (χ0) is 14.7. The van der Waals surface area contributed by atoms with Crippen molar-refractivity contribution in [2.45, 2.75) is 38.3 Å². The minimum Gasteiger partial charge on any atom is -0.377 e. The van der Waals surface area contributed by atoms with E-state index in [2.05, 4.69) is 10.5 Å². The molecule has 1 aliphatic carbocycles. The number of methoxy groups -OCH3 is 1. The SMILES string of the molecule is COCc1cc(C(=O)N(CC2CCNCC2)C2CC2)no1. The van der Waals surface area contributed by atoms with Gasteiger partial charge in [-0.15, -0.1) is 0 Å². The monoisotopic (exact) mass is 293 g/mol. The van der Waals surface area contributed by atoms with E-state index in [0.717, 1.165) is 45.3 Å². The number of carbonyl (C=O) groups is 1. The number of carbonyl (C=O) groups excluding carboxylic acids is 1. The maximum Gasteiger partial charge on any atom is 0.276 e. The second-order valence-electron chi connectivity index (χ2n) is 5.99. The lowest BCUT2D eigenvalue weighted by Gasteiger charge is -2.29. The van der Waals surface area contributed by atoms with Crippen molar-refractivity contribution >= 4 is 5.91 Å². The topological polar surface area (TPSA) is 67.6 Å². The molecule has 1 aliphatic heterocycles. The third-order valence-electron chi connectivity index (χ3n) is 4.23. The van der Waals surface area contributed by atoms with Crippen LogP contribution < -0.4 is 5.32 Å². The third-order valence-corrected chi connectivity index (χ3v) is 4.23. The highest BCUT2D eigenvalue weighted by Crippen LogP contribution is 2.30. The van der Waals surface area contributed by atoms with Gasteiger partial charge in [0.2, 0.25) is 0 Å². The summed E-state index contributed by atoms with van der Waals surface area (Å²) >= 11 is 0. The van der Waals surface area contributed by atoms with Crippen LogP contribution in [0, 0.1) is 5.92 Å². The van der Waals surface area contributed by atoms with Crippen molar-refractivity contribution in [1.82, 2.24) is 15.4 Å². The summed E-state index contributed by atoms with van der Waals surface area (Å²) in [6.07, 6.45) is 4.51. The van der Waals surface area contributed by atoms with E-state index < -0.39 is 0 Å². The molecule has 1 saturated heterocycles. The standard InChI is InChI=1S/C15H23N3O3/c1-20-10-13-8-14(17-21-13)15(19)18(12-2-3-12)9-11-4-6-16-7-5-11/h8,11-12,16H,2-7,9-10H2,1H3. The average molecular weight is 293 g/mol. The summed E-state index contributed by atoms with van der Waals surface area (Å²) in [5.41, 5.74) is 0.405. The van der Waals surface area contributed by atoms with Crippen molar-refractivity contribution in [2.75, 3.05) is 26.7 Å². The number of rotatable bonds is 6. The fraction of sp³-hybridized carbons (Fsp3) is 0.733. The van der Waals surface area contributed by atoms with Crippen LogP contribution in [-0.2, 0) is 11.3 Å². The average Bonchev–Trinajstić information content (AvgIpc) is 3.25. The van der Waals surface area contributed by atoms with Crippen LogP contribution in [0.25, 0.3) is 0 Å². The van der Waals surface area contributed by atoms with Gasteiger partial charge < -0.3 is 19.5 Å². The summed E-state index contributed by atoms with van der Waals surface area (Å²) in [5, 5.41) is 7.27. The van der Waals surface area contributed by atoms with Crippen LogP contribution in [0.4, 0.5) is 0 Å². The van der Waals surface area contributed by atoms with Gasteiger partial charge in [-0.05, 0) is 44.7 Å². The van der Waals surface area contributed by atoms with Gasteiger partial charge in [0.25, 0.3) is 5.91 Å². The number of nitrogens with zero attached hydrogens (tertiary/aromatic N) is 2. The highest BCUT2D eigenvalue weighted by Gasteiger charge is 2.35. The van der Waals surface area contributed by atoms with E-state index in [1.807, 2.05) is 4.90 Å². The van der Waals surface area contributed by atoms with Gasteiger partial charge in [0.05, 0.1) is 0 Å². The Labute approximate surface area is 124 Å². The fourth-order valence-electron chi connectivity index (χ4n) is 2.90. The molecule has 0 atom stereocenters. The lowest BCUT2D eigenvalue weighted by molar-refractivity contribution is 0.0690. The smallest absolute Gasteiger partial charge is 0.276 e. The molecule has 0 aromatic carbocycles. The Morgan fingerprint density at radius 3 is 2.86 bits per heavy atom. The second-order valence-corrected chi connectivity index (χ2v) is 5.99. The van der Waals surface area contributed by atoms with E-state index in [-0.39, 0.29) is 5.91 Å². The molecule has 1 N–H and O–H groups in total. The van der Waals surface area contributed by atoms with Gasteiger partial charge in [0, 0.05) is 25.8 Å². The van der Waals surface area contributed by atoms with E-state index in [0.29, 0.717) is 30.0 Å². The molecule has 0 radical (unpaired) electrons. The summed E-state index contributed by atoms with van der Waals surface area (Å²) in [7, 11) is 1.59. The van der Waals surface area contributed by atoms with E-state index in [1.165, 1.54) is 0 Å². The second kappa shape index (κ2) is 6.58. The summed E-state index contributed by atoms with van der Waals surface area (Å²) in [6, 6.07) is 2.10. The lowest BCUT2D eigenvalue weighted by Crippen LogP contribution is -2.40. The summed E-state index contributed by atoms with van der Waals surface area (Å²) in [6.45, 7) is 3.30. The maximum absolute atomic E-state index is 12.7. The van der Waals surface area contributed by atoms with Gasteiger partial charge in [-0.1, -0.05) is 5.16 Å².